The maximum absolute atomic E-state index is 13.3. The van der Waals surface area contributed by atoms with Gasteiger partial charge in [-0.2, -0.15) is 5.10 Å². The molecule has 0 fully saturated rings. The van der Waals surface area contributed by atoms with Crippen LogP contribution in [-0.2, 0) is 0 Å². The van der Waals surface area contributed by atoms with Crippen molar-refractivity contribution in [1.29, 1.82) is 0 Å². The van der Waals surface area contributed by atoms with Crippen molar-refractivity contribution in [2.24, 2.45) is 0 Å². The normalized spacial score (nSPS) is 10.7. The van der Waals surface area contributed by atoms with Gasteiger partial charge < -0.3 is 0 Å². The largest absolute Gasteiger partial charge is 0.277 e. The van der Waals surface area contributed by atoms with Crippen LogP contribution in [0.4, 0.5) is 4.39 Å². The van der Waals surface area contributed by atoms with Crippen molar-refractivity contribution >= 4 is 45.8 Å². The third-order valence-corrected chi connectivity index (χ3v) is 3.29. The Kier molecular flexibility index (Phi) is 3.18. The SMILES string of the molecule is Fc1cc(-c2[nH]ncc2I)c(Cl)cc1Cl. The van der Waals surface area contributed by atoms with E-state index in [1.54, 1.807) is 6.20 Å². The molecule has 0 spiro atoms. The second-order valence-electron chi connectivity index (χ2n) is 2.84. The van der Waals surface area contributed by atoms with Crippen LogP contribution in [0.5, 0.6) is 0 Å². The van der Waals surface area contributed by atoms with Crippen LogP contribution in [0.1, 0.15) is 0 Å². The number of aromatic amines is 1. The zero-order valence-electron chi connectivity index (χ0n) is 7.19. The number of benzene rings is 1. The zero-order valence-corrected chi connectivity index (χ0v) is 10.9. The Morgan fingerprint density at radius 3 is 2.60 bits per heavy atom. The molecule has 0 aliphatic rings. The zero-order chi connectivity index (χ0) is 11.0. The van der Waals surface area contributed by atoms with Crippen LogP contribution in [0.3, 0.4) is 0 Å². The summed E-state index contributed by atoms with van der Waals surface area (Å²) in [5.74, 6) is -0.499. The lowest BCUT2D eigenvalue weighted by Gasteiger charge is -2.03. The quantitative estimate of drug-likeness (QED) is 0.604. The van der Waals surface area contributed by atoms with Crippen LogP contribution < -0.4 is 0 Å². The lowest BCUT2D eigenvalue weighted by atomic mass is 10.1. The number of nitrogens with zero attached hydrogens (tertiary/aromatic N) is 1. The molecule has 0 amide bonds. The fourth-order valence-electron chi connectivity index (χ4n) is 1.17. The summed E-state index contributed by atoms with van der Waals surface area (Å²) in [7, 11) is 0. The first-order chi connectivity index (χ1) is 7.09. The molecule has 15 heavy (non-hydrogen) atoms. The van der Waals surface area contributed by atoms with Crippen molar-refractivity contribution in [3.8, 4) is 11.3 Å². The molecule has 2 rings (SSSR count). The lowest BCUT2D eigenvalue weighted by Crippen LogP contribution is -1.86. The standard InChI is InChI=1S/C9H4Cl2FIN2/c10-5-2-6(11)7(12)1-4(5)9-8(13)3-14-15-9/h1-3H,(H,14,15). The van der Waals surface area contributed by atoms with Crippen molar-refractivity contribution in [2.75, 3.05) is 0 Å². The highest BCUT2D eigenvalue weighted by Crippen LogP contribution is 2.33. The molecule has 0 saturated heterocycles. The highest BCUT2D eigenvalue weighted by Gasteiger charge is 2.12. The van der Waals surface area contributed by atoms with E-state index in [2.05, 4.69) is 32.8 Å². The number of rotatable bonds is 1. The predicted octanol–water partition coefficient (Wildman–Crippen LogP) is 4.13. The van der Waals surface area contributed by atoms with E-state index in [1.807, 2.05) is 0 Å². The molecule has 6 heteroatoms. The Morgan fingerprint density at radius 2 is 2.00 bits per heavy atom. The number of H-pyrrole nitrogens is 1. The van der Waals surface area contributed by atoms with Gasteiger partial charge in [0.1, 0.15) is 5.82 Å². The molecule has 1 N–H and O–H groups in total. The maximum Gasteiger partial charge on any atom is 0.142 e. The van der Waals surface area contributed by atoms with Crippen LogP contribution in [-0.4, -0.2) is 10.2 Å². The van der Waals surface area contributed by atoms with Gasteiger partial charge in [-0.25, -0.2) is 4.39 Å². The van der Waals surface area contributed by atoms with Gasteiger partial charge in [-0.05, 0) is 34.7 Å². The van der Waals surface area contributed by atoms with E-state index < -0.39 is 5.82 Å². The first-order valence-corrected chi connectivity index (χ1v) is 5.77. The minimum absolute atomic E-state index is 0.0123. The Bertz CT molecular complexity index is 513. The van der Waals surface area contributed by atoms with Gasteiger partial charge in [0.2, 0.25) is 0 Å². The summed E-state index contributed by atoms with van der Waals surface area (Å²) in [4.78, 5) is 0. The smallest absolute Gasteiger partial charge is 0.142 e. The van der Waals surface area contributed by atoms with Gasteiger partial charge in [-0.3, -0.25) is 5.10 Å². The molecular weight excluding hydrogens is 353 g/mol. The summed E-state index contributed by atoms with van der Waals surface area (Å²) in [5, 5.41) is 7.01. The molecule has 0 aliphatic carbocycles. The lowest BCUT2D eigenvalue weighted by molar-refractivity contribution is 0.628. The van der Waals surface area contributed by atoms with Gasteiger partial charge in [0.15, 0.2) is 0 Å². The molecule has 1 aromatic carbocycles. The average molecular weight is 357 g/mol. The van der Waals surface area contributed by atoms with E-state index in [1.165, 1.54) is 12.1 Å². The van der Waals surface area contributed by atoms with E-state index in [0.717, 1.165) is 3.57 Å². The average Bonchev–Trinajstić information content (AvgIpc) is 2.58. The summed E-state index contributed by atoms with van der Waals surface area (Å²) in [6.07, 6.45) is 1.64. The van der Waals surface area contributed by atoms with Gasteiger partial charge in [0, 0.05) is 5.56 Å². The molecule has 0 aliphatic heterocycles. The second-order valence-corrected chi connectivity index (χ2v) is 4.82. The maximum atomic E-state index is 13.3. The third-order valence-electron chi connectivity index (χ3n) is 1.87. The van der Waals surface area contributed by atoms with Crippen molar-refractivity contribution in [2.45, 2.75) is 0 Å². The summed E-state index contributed by atoms with van der Waals surface area (Å²) < 4.78 is 14.1. The highest BCUT2D eigenvalue weighted by molar-refractivity contribution is 14.1. The number of halogens is 4. The van der Waals surface area contributed by atoms with Crippen molar-refractivity contribution in [3.05, 3.63) is 37.8 Å². The summed E-state index contributed by atoms with van der Waals surface area (Å²) in [6.45, 7) is 0. The van der Waals surface area contributed by atoms with E-state index in [9.17, 15) is 4.39 Å². The van der Waals surface area contributed by atoms with E-state index in [0.29, 0.717) is 16.3 Å². The Morgan fingerprint density at radius 1 is 1.27 bits per heavy atom. The first kappa shape index (κ1) is 11.2. The van der Waals surface area contributed by atoms with Crippen molar-refractivity contribution in [3.63, 3.8) is 0 Å². The van der Waals surface area contributed by atoms with Crippen LogP contribution in [0.25, 0.3) is 11.3 Å². The molecule has 2 aromatic rings. The Labute approximate surface area is 109 Å². The molecule has 0 saturated carbocycles. The molecular formula is C9H4Cl2FIN2. The van der Waals surface area contributed by atoms with Crippen LogP contribution >= 0.6 is 45.8 Å². The topological polar surface area (TPSA) is 28.7 Å². The molecule has 0 bridgehead atoms. The Balaban J connectivity index is 2.64. The molecule has 0 radical (unpaired) electrons. The van der Waals surface area contributed by atoms with Gasteiger partial charge in [0.25, 0.3) is 0 Å². The van der Waals surface area contributed by atoms with Crippen LogP contribution in [0, 0.1) is 9.39 Å². The van der Waals surface area contributed by atoms with E-state index >= 15 is 0 Å². The van der Waals surface area contributed by atoms with Crippen molar-refractivity contribution in [1.82, 2.24) is 10.2 Å². The van der Waals surface area contributed by atoms with Gasteiger partial charge in [-0.1, -0.05) is 23.2 Å². The minimum Gasteiger partial charge on any atom is -0.277 e. The Hall–Kier alpha value is -0.330. The first-order valence-electron chi connectivity index (χ1n) is 3.93. The van der Waals surface area contributed by atoms with Gasteiger partial charge in [0.05, 0.1) is 25.5 Å². The number of hydrogen-bond donors (Lipinski definition) is 1. The molecule has 1 heterocycles. The van der Waals surface area contributed by atoms with E-state index in [4.69, 9.17) is 23.2 Å². The molecule has 2 nitrogen and oxygen atoms in total. The number of hydrogen-bond acceptors (Lipinski definition) is 1. The fourth-order valence-corrected chi connectivity index (χ4v) is 2.20. The summed E-state index contributed by atoms with van der Waals surface area (Å²) in [6, 6.07) is 2.67. The fraction of sp³-hybridized carbons (Fsp3) is 0. The van der Waals surface area contributed by atoms with Gasteiger partial charge >= 0.3 is 0 Å². The summed E-state index contributed by atoms with van der Waals surface area (Å²) in [5.41, 5.74) is 1.25. The van der Waals surface area contributed by atoms with Crippen LogP contribution in [0.15, 0.2) is 18.3 Å². The third kappa shape index (κ3) is 2.11. The highest BCUT2D eigenvalue weighted by atomic mass is 127. The number of nitrogens with one attached hydrogen (secondary N) is 1. The molecule has 0 atom stereocenters. The van der Waals surface area contributed by atoms with Crippen molar-refractivity contribution < 1.29 is 4.39 Å². The van der Waals surface area contributed by atoms with E-state index in [-0.39, 0.29) is 5.02 Å². The number of aromatic nitrogens is 2. The minimum atomic E-state index is -0.499. The summed E-state index contributed by atoms with van der Waals surface area (Å²) >= 11 is 13.7. The second kappa shape index (κ2) is 4.27. The molecule has 0 unspecified atom stereocenters. The monoisotopic (exact) mass is 356 g/mol. The molecule has 78 valence electrons. The van der Waals surface area contributed by atoms with Gasteiger partial charge in [-0.15, -0.1) is 0 Å². The van der Waals surface area contributed by atoms with Crippen LogP contribution in [0.2, 0.25) is 10.0 Å². The predicted molar refractivity (Wildman–Crippen MR) is 66.7 cm³/mol. The molecule has 1 aromatic heterocycles.